The Morgan fingerprint density at radius 1 is 1.36 bits per heavy atom. The summed E-state index contributed by atoms with van der Waals surface area (Å²) >= 11 is 0. The molecular weight excluding hydrogens is 297 g/mol. The lowest BCUT2D eigenvalue weighted by atomic mass is 10.2. The molecular formula is C14H15F3N4O. The number of aromatic nitrogens is 2. The minimum Gasteiger partial charge on any atom is -0.325 e. The van der Waals surface area contributed by atoms with Crippen LogP contribution in [-0.4, -0.2) is 41.2 Å². The number of nitrogens with one attached hydrogen (secondary N) is 1. The van der Waals surface area contributed by atoms with Crippen LogP contribution < -0.4 is 5.32 Å². The van der Waals surface area contributed by atoms with E-state index in [2.05, 4.69) is 10.4 Å². The molecule has 0 spiro atoms. The van der Waals surface area contributed by atoms with Crippen molar-refractivity contribution < 1.29 is 18.0 Å². The van der Waals surface area contributed by atoms with Gasteiger partial charge in [-0.1, -0.05) is 6.07 Å². The molecule has 118 valence electrons. The second-order valence-electron chi connectivity index (χ2n) is 5.01. The number of rotatable bonds is 4. The van der Waals surface area contributed by atoms with E-state index in [0.717, 1.165) is 17.1 Å². The van der Waals surface area contributed by atoms with E-state index in [1.165, 1.54) is 0 Å². The smallest absolute Gasteiger partial charge is 0.325 e. The highest BCUT2D eigenvalue weighted by Crippen LogP contribution is 2.29. The summed E-state index contributed by atoms with van der Waals surface area (Å²) < 4.78 is 38.8. The van der Waals surface area contributed by atoms with Crippen LogP contribution in [0.1, 0.15) is 5.56 Å². The van der Waals surface area contributed by atoms with Gasteiger partial charge in [-0.25, -0.2) is 4.68 Å². The van der Waals surface area contributed by atoms with Crippen molar-refractivity contribution in [3.05, 3.63) is 42.2 Å². The molecule has 0 saturated heterocycles. The molecule has 1 aromatic heterocycles. The first kappa shape index (κ1) is 16.0. The molecule has 0 unspecified atom stereocenters. The standard InChI is InChI=1S/C14H15F3N4O/c1-20(2)9-13(22)19-11-4-3-5-12(6-11)21-8-10(7-18-21)14(15,16)17/h3-8H,9H2,1-2H3,(H,19,22). The monoisotopic (exact) mass is 312 g/mol. The number of nitrogens with zero attached hydrogens (tertiary/aromatic N) is 3. The van der Waals surface area contributed by atoms with Crippen LogP contribution in [0, 0.1) is 0 Å². The maximum Gasteiger partial charge on any atom is 0.419 e. The van der Waals surface area contributed by atoms with Crippen molar-refractivity contribution in [1.29, 1.82) is 0 Å². The number of benzene rings is 1. The Kier molecular flexibility index (Phi) is 4.51. The van der Waals surface area contributed by atoms with Crippen LogP contribution in [0.2, 0.25) is 0 Å². The number of halogens is 3. The van der Waals surface area contributed by atoms with Crippen LogP contribution in [0.5, 0.6) is 0 Å². The molecule has 0 aliphatic rings. The third kappa shape index (κ3) is 4.08. The van der Waals surface area contributed by atoms with Crippen molar-refractivity contribution in [3.8, 4) is 5.69 Å². The fourth-order valence-corrected chi connectivity index (χ4v) is 1.82. The molecule has 0 fully saturated rings. The molecule has 0 bridgehead atoms. The number of carbonyl (C=O) groups is 1. The summed E-state index contributed by atoms with van der Waals surface area (Å²) in [5, 5.41) is 6.37. The van der Waals surface area contributed by atoms with Crippen LogP contribution in [0.15, 0.2) is 36.7 Å². The number of anilines is 1. The van der Waals surface area contributed by atoms with Gasteiger partial charge in [0.25, 0.3) is 0 Å². The third-order valence-electron chi connectivity index (χ3n) is 2.76. The zero-order chi connectivity index (χ0) is 16.3. The summed E-state index contributed by atoms with van der Waals surface area (Å²) in [5.74, 6) is -0.210. The molecule has 0 aliphatic carbocycles. The molecule has 8 heteroatoms. The minimum absolute atomic E-state index is 0.210. The Hall–Kier alpha value is -2.35. The number of likely N-dealkylation sites (N-methyl/N-ethyl adjacent to an activating group) is 1. The van der Waals surface area contributed by atoms with Gasteiger partial charge in [-0.05, 0) is 32.3 Å². The van der Waals surface area contributed by atoms with E-state index >= 15 is 0 Å². The van der Waals surface area contributed by atoms with E-state index < -0.39 is 11.7 Å². The van der Waals surface area contributed by atoms with E-state index in [-0.39, 0.29) is 12.5 Å². The summed E-state index contributed by atoms with van der Waals surface area (Å²) in [4.78, 5) is 13.4. The summed E-state index contributed by atoms with van der Waals surface area (Å²) in [5.41, 5.74) is 0.0982. The molecule has 1 aromatic carbocycles. The maximum absolute atomic E-state index is 12.6. The van der Waals surface area contributed by atoms with Gasteiger partial charge < -0.3 is 10.2 Å². The molecule has 0 atom stereocenters. The van der Waals surface area contributed by atoms with E-state index in [1.807, 2.05) is 0 Å². The molecule has 22 heavy (non-hydrogen) atoms. The highest BCUT2D eigenvalue weighted by atomic mass is 19.4. The second kappa shape index (κ2) is 6.18. The van der Waals surface area contributed by atoms with Crippen molar-refractivity contribution in [3.63, 3.8) is 0 Å². The van der Waals surface area contributed by atoms with Gasteiger partial charge in [-0.3, -0.25) is 4.79 Å². The number of hydrogen-bond donors (Lipinski definition) is 1. The zero-order valence-corrected chi connectivity index (χ0v) is 12.1. The molecule has 0 saturated carbocycles. The average Bonchev–Trinajstić information content (AvgIpc) is 2.87. The lowest BCUT2D eigenvalue weighted by Gasteiger charge is -2.11. The van der Waals surface area contributed by atoms with Gasteiger partial charge in [0, 0.05) is 11.9 Å². The highest BCUT2D eigenvalue weighted by molar-refractivity contribution is 5.92. The first-order valence-electron chi connectivity index (χ1n) is 6.42. The molecule has 1 amide bonds. The topological polar surface area (TPSA) is 50.2 Å². The van der Waals surface area contributed by atoms with Gasteiger partial charge in [-0.15, -0.1) is 0 Å². The van der Waals surface area contributed by atoms with Gasteiger partial charge in [-0.2, -0.15) is 18.3 Å². The lowest BCUT2D eigenvalue weighted by Crippen LogP contribution is -2.27. The molecule has 1 N–H and O–H groups in total. The summed E-state index contributed by atoms with van der Waals surface area (Å²) in [6.45, 7) is 0.213. The normalized spacial score (nSPS) is 11.7. The Balaban J connectivity index is 2.18. The molecule has 1 heterocycles. The van der Waals surface area contributed by atoms with Crippen LogP contribution >= 0.6 is 0 Å². The predicted molar refractivity (Wildman–Crippen MR) is 75.7 cm³/mol. The first-order chi connectivity index (χ1) is 10.3. The van der Waals surface area contributed by atoms with Gasteiger partial charge in [0.05, 0.1) is 24.0 Å². The van der Waals surface area contributed by atoms with Crippen molar-refractivity contribution in [2.75, 3.05) is 26.0 Å². The lowest BCUT2D eigenvalue weighted by molar-refractivity contribution is -0.137. The first-order valence-corrected chi connectivity index (χ1v) is 6.42. The van der Waals surface area contributed by atoms with Crippen molar-refractivity contribution in [2.45, 2.75) is 6.18 Å². The van der Waals surface area contributed by atoms with Crippen molar-refractivity contribution in [1.82, 2.24) is 14.7 Å². The maximum atomic E-state index is 12.6. The largest absolute Gasteiger partial charge is 0.419 e. The van der Waals surface area contributed by atoms with Crippen LogP contribution in [0.3, 0.4) is 0 Å². The van der Waals surface area contributed by atoms with Crippen molar-refractivity contribution in [2.24, 2.45) is 0 Å². The van der Waals surface area contributed by atoms with E-state index in [9.17, 15) is 18.0 Å². The molecule has 5 nitrogen and oxygen atoms in total. The number of carbonyl (C=O) groups excluding carboxylic acids is 1. The Morgan fingerprint density at radius 3 is 2.68 bits per heavy atom. The molecule has 2 aromatic rings. The number of hydrogen-bond acceptors (Lipinski definition) is 3. The summed E-state index contributed by atoms with van der Waals surface area (Å²) in [6.07, 6.45) is -2.77. The molecule has 2 rings (SSSR count). The average molecular weight is 312 g/mol. The minimum atomic E-state index is -4.43. The van der Waals surface area contributed by atoms with Gasteiger partial charge in [0.15, 0.2) is 0 Å². The second-order valence-corrected chi connectivity index (χ2v) is 5.01. The van der Waals surface area contributed by atoms with E-state index in [1.54, 1.807) is 43.3 Å². The Morgan fingerprint density at radius 2 is 2.09 bits per heavy atom. The summed E-state index contributed by atoms with van der Waals surface area (Å²) in [6, 6.07) is 6.45. The fourth-order valence-electron chi connectivity index (χ4n) is 1.82. The van der Waals surface area contributed by atoms with Crippen LogP contribution in [-0.2, 0) is 11.0 Å². The third-order valence-corrected chi connectivity index (χ3v) is 2.76. The number of alkyl halides is 3. The number of amides is 1. The summed E-state index contributed by atoms with van der Waals surface area (Å²) in [7, 11) is 3.52. The fraction of sp³-hybridized carbons (Fsp3) is 0.286. The molecule has 0 aliphatic heterocycles. The van der Waals surface area contributed by atoms with E-state index in [0.29, 0.717) is 11.4 Å². The van der Waals surface area contributed by atoms with Crippen LogP contribution in [0.4, 0.5) is 18.9 Å². The Bertz CT molecular complexity index is 664. The van der Waals surface area contributed by atoms with Gasteiger partial charge in [0.1, 0.15) is 0 Å². The van der Waals surface area contributed by atoms with Gasteiger partial charge in [0.2, 0.25) is 5.91 Å². The quantitative estimate of drug-likeness (QED) is 0.943. The predicted octanol–water partition coefficient (Wildman–Crippen LogP) is 2.39. The van der Waals surface area contributed by atoms with Crippen LogP contribution in [0.25, 0.3) is 5.69 Å². The SMILES string of the molecule is CN(C)CC(=O)Nc1cccc(-n2cc(C(F)(F)F)cn2)c1. The van der Waals surface area contributed by atoms with Crippen molar-refractivity contribution >= 4 is 11.6 Å². The highest BCUT2D eigenvalue weighted by Gasteiger charge is 2.32. The molecule has 0 radical (unpaired) electrons. The van der Waals surface area contributed by atoms with Gasteiger partial charge >= 0.3 is 6.18 Å². The zero-order valence-electron chi connectivity index (χ0n) is 12.1. The van der Waals surface area contributed by atoms with E-state index in [4.69, 9.17) is 0 Å². The Labute approximate surface area is 125 Å².